The molecule has 5 nitrogen and oxygen atoms in total. The van der Waals surface area contributed by atoms with Gasteiger partial charge in [0.1, 0.15) is 0 Å². The molecule has 0 atom stereocenters. The largest absolute Gasteiger partial charge is 0.381 e. The molecule has 2 aromatic rings. The lowest BCUT2D eigenvalue weighted by atomic mass is 10.2. The molecular weight excluding hydrogens is 330 g/mol. The Balaban J connectivity index is 2.12. The van der Waals surface area contributed by atoms with Gasteiger partial charge in [0.2, 0.25) is 10.0 Å². The highest BCUT2D eigenvalue weighted by Gasteiger charge is 2.07. The third kappa shape index (κ3) is 4.02. The van der Waals surface area contributed by atoms with E-state index in [-0.39, 0.29) is 4.90 Å². The lowest BCUT2D eigenvalue weighted by Crippen LogP contribution is -2.12. The van der Waals surface area contributed by atoms with E-state index in [4.69, 9.17) is 5.14 Å². The number of sulfonamides is 1. The van der Waals surface area contributed by atoms with E-state index in [1.54, 1.807) is 24.5 Å². The molecule has 0 amide bonds. The summed E-state index contributed by atoms with van der Waals surface area (Å²) >= 11 is 3.34. The maximum Gasteiger partial charge on any atom is 0.238 e. The van der Waals surface area contributed by atoms with Crippen LogP contribution in [0, 0.1) is 0 Å². The van der Waals surface area contributed by atoms with E-state index in [9.17, 15) is 8.42 Å². The van der Waals surface area contributed by atoms with Crippen LogP contribution in [0.1, 0.15) is 5.56 Å². The van der Waals surface area contributed by atoms with Gasteiger partial charge < -0.3 is 5.32 Å². The first-order valence-electron chi connectivity index (χ1n) is 5.41. The molecule has 100 valence electrons. The van der Waals surface area contributed by atoms with E-state index in [0.717, 1.165) is 10.0 Å². The van der Waals surface area contributed by atoms with Gasteiger partial charge in [0.25, 0.3) is 0 Å². The Labute approximate surface area is 120 Å². The minimum Gasteiger partial charge on any atom is -0.381 e. The smallest absolute Gasteiger partial charge is 0.238 e. The Bertz CT molecular complexity index is 689. The first-order valence-corrected chi connectivity index (χ1v) is 7.75. The zero-order valence-corrected chi connectivity index (χ0v) is 12.3. The molecule has 0 saturated heterocycles. The Morgan fingerprint density at radius 1 is 1.26 bits per heavy atom. The lowest BCUT2D eigenvalue weighted by molar-refractivity contribution is 0.598. The van der Waals surface area contributed by atoms with Crippen molar-refractivity contribution >= 4 is 31.6 Å². The first-order chi connectivity index (χ1) is 8.95. The number of hydrogen-bond acceptors (Lipinski definition) is 4. The van der Waals surface area contributed by atoms with Gasteiger partial charge in [0.15, 0.2) is 0 Å². The molecule has 0 saturated carbocycles. The molecule has 0 unspecified atom stereocenters. The summed E-state index contributed by atoms with van der Waals surface area (Å²) in [4.78, 5) is 4.14. The second-order valence-electron chi connectivity index (χ2n) is 3.94. The highest BCUT2D eigenvalue weighted by molar-refractivity contribution is 9.10. The van der Waals surface area contributed by atoms with Crippen molar-refractivity contribution in [2.24, 2.45) is 5.14 Å². The standard InChI is InChI=1S/C12H12BrN3O2S/c13-10-4-9(6-15-8-10)7-16-11-2-1-3-12(5-11)19(14,17)18/h1-6,8,16H,7H2,(H2,14,17,18). The second kappa shape index (κ2) is 5.68. The zero-order chi connectivity index (χ0) is 13.9. The van der Waals surface area contributed by atoms with Gasteiger partial charge in [-0.1, -0.05) is 6.07 Å². The molecular formula is C12H12BrN3O2S. The molecule has 1 aromatic carbocycles. The van der Waals surface area contributed by atoms with E-state index in [1.807, 2.05) is 6.07 Å². The summed E-state index contributed by atoms with van der Waals surface area (Å²) in [6.45, 7) is 0.542. The van der Waals surface area contributed by atoms with Crippen LogP contribution in [0.3, 0.4) is 0 Å². The number of halogens is 1. The molecule has 1 heterocycles. The number of nitrogens with one attached hydrogen (secondary N) is 1. The van der Waals surface area contributed by atoms with Gasteiger partial charge in [0, 0.05) is 29.1 Å². The Kier molecular flexibility index (Phi) is 4.18. The summed E-state index contributed by atoms with van der Waals surface area (Å²) in [7, 11) is -3.67. The third-order valence-electron chi connectivity index (χ3n) is 2.42. The summed E-state index contributed by atoms with van der Waals surface area (Å²) < 4.78 is 23.4. The molecule has 0 aliphatic rings. The molecule has 0 aliphatic heterocycles. The predicted octanol–water partition coefficient (Wildman–Crippen LogP) is 2.10. The molecule has 0 radical (unpaired) electrons. The summed E-state index contributed by atoms with van der Waals surface area (Å²) in [6.07, 6.45) is 3.44. The normalized spacial score (nSPS) is 11.3. The van der Waals surface area contributed by atoms with E-state index in [0.29, 0.717) is 12.2 Å². The molecule has 19 heavy (non-hydrogen) atoms. The molecule has 3 N–H and O–H groups in total. The average Bonchev–Trinajstić information content (AvgIpc) is 2.36. The number of hydrogen-bond donors (Lipinski definition) is 2. The van der Waals surface area contributed by atoms with Crippen LogP contribution >= 0.6 is 15.9 Å². The summed E-state index contributed by atoms with van der Waals surface area (Å²) in [5, 5.41) is 8.20. The van der Waals surface area contributed by atoms with Crippen LogP contribution < -0.4 is 10.5 Å². The quantitative estimate of drug-likeness (QED) is 0.891. The van der Waals surface area contributed by atoms with Gasteiger partial charge in [-0.05, 0) is 45.8 Å². The number of nitrogens with zero attached hydrogens (tertiary/aromatic N) is 1. The van der Waals surface area contributed by atoms with Crippen molar-refractivity contribution in [1.82, 2.24) is 4.98 Å². The molecule has 7 heteroatoms. The van der Waals surface area contributed by atoms with Crippen molar-refractivity contribution in [1.29, 1.82) is 0 Å². The number of primary sulfonamides is 1. The minimum absolute atomic E-state index is 0.0878. The van der Waals surface area contributed by atoms with Gasteiger partial charge >= 0.3 is 0 Å². The fourth-order valence-corrected chi connectivity index (χ4v) is 2.51. The van der Waals surface area contributed by atoms with Crippen LogP contribution in [-0.2, 0) is 16.6 Å². The molecule has 0 fully saturated rings. The van der Waals surface area contributed by atoms with Crippen LogP contribution in [0.25, 0.3) is 0 Å². The number of anilines is 1. The highest BCUT2D eigenvalue weighted by Crippen LogP contribution is 2.16. The molecule has 0 spiro atoms. The SMILES string of the molecule is NS(=O)(=O)c1cccc(NCc2cncc(Br)c2)c1. The van der Waals surface area contributed by atoms with Crippen molar-refractivity contribution in [3.63, 3.8) is 0 Å². The van der Waals surface area contributed by atoms with Crippen LogP contribution in [0.2, 0.25) is 0 Å². The first kappa shape index (κ1) is 14.0. The Morgan fingerprint density at radius 2 is 2.05 bits per heavy atom. The third-order valence-corrected chi connectivity index (χ3v) is 3.77. The summed E-state index contributed by atoms with van der Waals surface area (Å²) in [5.41, 5.74) is 1.67. The number of rotatable bonds is 4. The monoisotopic (exact) mass is 341 g/mol. The summed E-state index contributed by atoms with van der Waals surface area (Å²) in [6, 6.07) is 8.31. The van der Waals surface area contributed by atoms with Crippen molar-refractivity contribution < 1.29 is 8.42 Å². The van der Waals surface area contributed by atoms with Gasteiger partial charge in [0.05, 0.1) is 4.90 Å². The highest BCUT2D eigenvalue weighted by atomic mass is 79.9. The minimum atomic E-state index is -3.67. The number of benzene rings is 1. The molecule has 0 bridgehead atoms. The van der Waals surface area contributed by atoms with Gasteiger partial charge in [-0.25, -0.2) is 13.6 Å². The number of nitrogens with two attached hydrogens (primary N) is 1. The Morgan fingerprint density at radius 3 is 2.74 bits per heavy atom. The number of aromatic nitrogens is 1. The maximum atomic E-state index is 11.2. The zero-order valence-electron chi connectivity index (χ0n) is 9.88. The van der Waals surface area contributed by atoms with Crippen molar-refractivity contribution in [2.75, 3.05) is 5.32 Å². The van der Waals surface area contributed by atoms with Gasteiger partial charge in [-0.15, -0.1) is 0 Å². The van der Waals surface area contributed by atoms with Crippen LogP contribution in [0.15, 0.2) is 52.1 Å². The summed E-state index contributed by atoms with van der Waals surface area (Å²) in [5.74, 6) is 0. The maximum absolute atomic E-state index is 11.2. The van der Waals surface area contributed by atoms with Crippen molar-refractivity contribution in [2.45, 2.75) is 11.4 Å². The average molecular weight is 342 g/mol. The fourth-order valence-electron chi connectivity index (χ4n) is 1.54. The fraction of sp³-hybridized carbons (Fsp3) is 0.0833. The van der Waals surface area contributed by atoms with E-state index in [2.05, 4.69) is 26.2 Å². The van der Waals surface area contributed by atoms with E-state index >= 15 is 0 Å². The van der Waals surface area contributed by atoms with Gasteiger partial charge in [-0.3, -0.25) is 4.98 Å². The molecule has 0 aliphatic carbocycles. The predicted molar refractivity (Wildman–Crippen MR) is 77.1 cm³/mol. The Hall–Kier alpha value is -1.44. The van der Waals surface area contributed by atoms with E-state index < -0.39 is 10.0 Å². The number of pyridine rings is 1. The van der Waals surface area contributed by atoms with Crippen LogP contribution in [0.5, 0.6) is 0 Å². The van der Waals surface area contributed by atoms with E-state index in [1.165, 1.54) is 12.1 Å². The van der Waals surface area contributed by atoms with Crippen LogP contribution in [0.4, 0.5) is 5.69 Å². The second-order valence-corrected chi connectivity index (χ2v) is 6.41. The van der Waals surface area contributed by atoms with Crippen molar-refractivity contribution in [3.8, 4) is 0 Å². The topological polar surface area (TPSA) is 85.1 Å². The molecule has 2 rings (SSSR count). The lowest BCUT2D eigenvalue weighted by Gasteiger charge is -2.07. The van der Waals surface area contributed by atoms with Crippen LogP contribution in [-0.4, -0.2) is 13.4 Å². The van der Waals surface area contributed by atoms with Gasteiger partial charge in [-0.2, -0.15) is 0 Å². The molecule has 1 aromatic heterocycles. The van der Waals surface area contributed by atoms with Crippen molar-refractivity contribution in [3.05, 3.63) is 52.8 Å².